The minimum Gasteiger partial charge on any atom is -0.459 e. The predicted molar refractivity (Wildman–Crippen MR) is 134 cm³/mol. The number of ether oxygens (including phenoxy) is 1. The van der Waals surface area contributed by atoms with Gasteiger partial charge in [-0.2, -0.15) is 0 Å². The van der Waals surface area contributed by atoms with Crippen molar-refractivity contribution < 1.29 is 23.6 Å². The van der Waals surface area contributed by atoms with Gasteiger partial charge in [-0.3, -0.25) is 14.5 Å². The molecule has 0 saturated carbocycles. The molecular formula is C29H35N2O4+. The van der Waals surface area contributed by atoms with Gasteiger partial charge < -0.3 is 9.22 Å². The van der Waals surface area contributed by atoms with Crippen LogP contribution in [0, 0.1) is 11.8 Å². The molecule has 1 saturated heterocycles. The highest BCUT2D eigenvalue weighted by Crippen LogP contribution is 2.49. The third-order valence-corrected chi connectivity index (χ3v) is 7.01. The summed E-state index contributed by atoms with van der Waals surface area (Å²) in [7, 11) is 3.83. The molecule has 2 amide bonds. The molecule has 0 bridgehead atoms. The van der Waals surface area contributed by atoms with Crippen molar-refractivity contribution in [3.05, 3.63) is 83.9 Å². The maximum atomic E-state index is 13.8. The van der Waals surface area contributed by atoms with Gasteiger partial charge in [-0.15, -0.1) is 0 Å². The van der Waals surface area contributed by atoms with Crippen molar-refractivity contribution in [3.63, 3.8) is 0 Å². The zero-order chi connectivity index (χ0) is 25.2. The van der Waals surface area contributed by atoms with E-state index in [9.17, 15) is 14.4 Å². The van der Waals surface area contributed by atoms with Gasteiger partial charge in [0.1, 0.15) is 0 Å². The second kappa shape index (κ2) is 10.2. The van der Waals surface area contributed by atoms with E-state index in [4.69, 9.17) is 4.74 Å². The van der Waals surface area contributed by atoms with Crippen LogP contribution in [0.3, 0.4) is 0 Å². The third-order valence-electron chi connectivity index (χ3n) is 7.01. The molecule has 0 N–H and O–H groups in total. The molecule has 1 aliphatic heterocycles. The van der Waals surface area contributed by atoms with Gasteiger partial charge in [0, 0.05) is 11.8 Å². The first-order valence-corrected chi connectivity index (χ1v) is 12.3. The average Bonchev–Trinajstić information content (AvgIpc) is 3.07. The molecule has 184 valence electrons. The summed E-state index contributed by atoms with van der Waals surface area (Å²) in [5, 5.41) is 0. The summed E-state index contributed by atoms with van der Waals surface area (Å²) < 4.78 is 5.63. The molecule has 6 nitrogen and oxygen atoms in total. The zero-order valence-corrected chi connectivity index (χ0v) is 21.0. The van der Waals surface area contributed by atoms with Gasteiger partial charge in [0.15, 0.2) is 6.54 Å². The number of carbonyl (C=O) groups excluding carboxylic acids is 3. The monoisotopic (exact) mass is 475 g/mol. The van der Waals surface area contributed by atoms with Gasteiger partial charge in [-0.05, 0) is 25.0 Å². The van der Waals surface area contributed by atoms with Crippen molar-refractivity contribution in [3.8, 4) is 0 Å². The molecule has 2 aromatic rings. The van der Waals surface area contributed by atoms with Crippen molar-refractivity contribution in [2.75, 3.05) is 33.7 Å². The zero-order valence-electron chi connectivity index (χ0n) is 21.0. The third kappa shape index (κ3) is 5.38. The Morgan fingerprint density at radius 1 is 0.857 bits per heavy atom. The summed E-state index contributed by atoms with van der Waals surface area (Å²) in [6.45, 7) is 4.57. The number of nitrogens with zero attached hydrogens (tertiary/aromatic N) is 2. The number of carbonyl (C=O) groups is 3. The summed E-state index contributed by atoms with van der Waals surface area (Å²) in [6.07, 6.45) is 4.03. The first-order valence-electron chi connectivity index (χ1n) is 12.3. The predicted octanol–water partition coefficient (Wildman–Crippen LogP) is 3.75. The van der Waals surface area contributed by atoms with Gasteiger partial charge in [0.25, 0.3) is 0 Å². The van der Waals surface area contributed by atoms with Crippen LogP contribution >= 0.6 is 0 Å². The lowest BCUT2D eigenvalue weighted by Gasteiger charge is -2.32. The van der Waals surface area contributed by atoms with Crippen molar-refractivity contribution in [2.24, 2.45) is 11.8 Å². The molecule has 0 unspecified atom stereocenters. The molecule has 1 aliphatic carbocycles. The summed E-state index contributed by atoms with van der Waals surface area (Å²) in [5.74, 6) is -1.71. The van der Waals surface area contributed by atoms with E-state index in [0.29, 0.717) is 11.0 Å². The molecule has 35 heavy (non-hydrogen) atoms. The van der Waals surface area contributed by atoms with Crippen LogP contribution in [-0.4, -0.2) is 67.0 Å². The Morgan fingerprint density at radius 3 is 1.74 bits per heavy atom. The lowest BCUT2D eigenvalue weighted by molar-refractivity contribution is -0.882. The number of likely N-dealkylation sites (tertiary alicyclic amines) is 1. The molecule has 4 rings (SSSR count). The van der Waals surface area contributed by atoms with E-state index < -0.39 is 11.8 Å². The summed E-state index contributed by atoms with van der Waals surface area (Å²) in [4.78, 5) is 41.2. The molecule has 0 aromatic heterocycles. The topological polar surface area (TPSA) is 63.7 Å². The fourth-order valence-corrected chi connectivity index (χ4v) is 5.32. The molecule has 0 spiro atoms. The smallest absolute Gasteiger partial charge is 0.362 e. The SMILES string of the molecule is CC(C)OC(=O)C[N+](C)(C)CCN1C(=O)[C@H]2[C@H](C1=O)[C@H](c1ccccc1)C=C[C@H]2c1ccccc1. The van der Waals surface area contributed by atoms with Gasteiger partial charge in [0.2, 0.25) is 11.8 Å². The van der Waals surface area contributed by atoms with Crippen LogP contribution in [0.2, 0.25) is 0 Å². The standard InChI is InChI=1S/C29H35N2O4/c1-20(2)35-25(32)19-31(3,4)18-17-30-28(33)26-23(21-11-7-5-8-12-21)15-16-24(27(26)29(30)34)22-13-9-6-10-14-22/h5-16,20,23-24,26-27H,17-19H2,1-4H3/q+1/t23-,24-,26+,27+/m0/s1. The number of allylic oxidation sites excluding steroid dienone is 2. The van der Waals surface area contributed by atoms with E-state index in [-0.39, 0.29) is 48.8 Å². The Bertz CT molecular complexity index is 1030. The number of quaternary nitrogens is 1. The molecule has 0 radical (unpaired) electrons. The van der Waals surface area contributed by atoms with Crippen LogP contribution < -0.4 is 0 Å². The van der Waals surface area contributed by atoms with E-state index in [1.54, 1.807) is 0 Å². The van der Waals surface area contributed by atoms with Gasteiger partial charge in [-0.25, -0.2) is 4.79 Å². The molecule has 1 heterocycles. The van der Waals surface area contributed by atoms with E-state index in [0.717, 1.165) is 11.1 Å². The highest BCUT2D eigenvalue weighted by Gasteiger charge is 2.55. The molecule has 4 atom stereocenters. The van der Waals surface area contributed by atoms with E-state index in [1.807, 2.05) is 88.6 Å². The van der Waals surface area contributed by atoms with Crippen LogP contribution in [0.15, 0.2) is 72.8 Å². The number of hydrogen-bond donors (Lipinski definition) is 0. The minimum absolute atomic E-state index is 0.121. The highest BCUT2D eigenvalue weighted by molar-refractivity contribution is 6.06. The number of hydrogen-bond acceptors (Lipinski definition) is 4. The van der Waals surface area contributed by atoms with Crippen molar-refractivity contribution in [1.29, 1.82) is 0 Å². The highest BCUT2D eigenvalue weighted by atomic mass is 16.5. The van der Waals surface area contributed by atoms with E-state index in [1.165, 1.54) is 4.90 Å². The molecular weight excluding hydrogens is 440 g/mol. The minimum atomic E-state index is -0.443. The number of fused-ring (bicyclic) bond motifs is 1. The number of imide groups is 1. The Balaban J connectivity index is 1.59. The number of likely N-dealkylation sites (N-methyl/N-ethyl adjacent to an activating group) is 1. The van der Waals surface area contributed by atoms with Gasteiger partial charge >= 0.3 is 5.97 Å². The summed E-state index contributed by atoms with van der Waals surface area (Å²) in [6, 6.07) is 19.9. The second-order valence-corrected chi connectivity index (χ2v) is 10.5. The van der Waals surface area contributed by atoms with Crippen LogP contribution in [0.1, 0.15) is 36.8 Å². The first-order chi connectivity index (χ1) is 16.7. The summed E-state index contributed by atoms with van der Waals surface area (Å²) in [5.41, 5.74) is 2.08. The van der Waals surface area contributed by atoms with Crippen molar-refractivity contribution in [2.45, 2.75) is 31.8 Å². The van der Waals surface area contributed by atoms with Crippen LogP contribution in [0.4, 0.5) is 0 Å². The van der Waals surface area contributed by atoms with Crippen LogP contribution in [0.25, 0.3) is 0 Å². The van der Waals surface area contributed by atoms with Gasteiger partial charge in [0.05, 0.1) is 45.1 Å². The molecule has 6 heteroatoms. The quantitative estimate of drug-likeness (QED) is 0.252. The van der Waals surface area contributed by atoms with E-state index in [2.05, 4.69) is 12.2 Å². The lowest BCUT2D eigenvalue weighted by Crippen LogP contribution is -2.50. The maximum absolute atomic E-state index is 13.8. The number of benzene rings is 2. The number of amides is 2. The largest absolute Gasteiger partial charge is 0.459 e. The fraction of sp³-hybridized carbons (Fsp3) is 0.414. The van der Waals surface area contributed by atoms with Crippen LogP contribution in [0.5, 0.6) is 0 Å². The van der Waals surface area contributed by atoms with E-state index >= 15 is 0 Å². The van der Waals surface area contributed by atoms with Crippen molar-refractivity contribution in [1.82, 2.24) is 4.90 Å². The molecule has 2 aromatic carbocycles. The number of rotatable bonds is 8. The Labute approximate surface area is 207 Å². The lowest BCUT2D eigenvalue weighted by atomic mass is 9.68. The molecule has 1 fully saturated rings. The maximum Gasteiger partial charge on any atom is 0.362 e. The van der Waals surface area contributed by atoms with Crippen LogP contribution in [-0.2, 0) is 19.1 Å². The Morgan fingerprint density at radius 2 is 1.31 bits per heavy atom. The fourth-order valence-electron chi connectivity index (χ4n) is 5.32. The Hall–Kier alpha value is -3.25. The molecule has 2 aliphatic rings. The Kier molecular flexibility index (Phi) is 7.22. The number of esters is 1. The van der Waals surface area contributed by atoms with Crippen molar-refractivity contribution >= 4 is 17.8 Å². The average molecular weight is 476 g/mol. The first kappa shape index (κ1) is 24.9. The van der Waals surface area contributed by atoms with Gasteiger partial charge in [-0.1, -0.05) is 72.8 Å². The normalized spacial score (nSPS) is 24.1. The second-order valence-electron chi connectivity index (χ2n) is 10.5. The summed E-state index contributed by atoms with van der Waals surface area (Å²) >= 11 is 0.